The van der Waals surface area contributed by atoms with E-state index in [1.807, 2.05) is 0 Å². The van der Waals surface area contributed by atoms with Gasteiger partial charge in [-0.2, -0.15) is 4.31 Å². The highest BCUT2D eigenvalue weighted by atomic mass is 35.5. The number of fused-ring (bicyclic) bond motifs is 1. The zero-order chi connectivity index (χ0) is 22.9. The standard InChI is InChI=1S/C21H18Cl2N4O4S/c1-31-17-2-4-18(5-3-17)32(29,30)27-7-6-19-14(12-27)11-24-21(25-19)26-20(28)13-8-15(22)10-16(23)9-13/h2-5,8-11H,6-7,12H2,1H3,(H,24,25,26,28). The SMILES string of the molecule is COc1ccc(S(=O)(=O)N2CCc3nc(NC(=O)c4cc(Cl)cc(Cl)c4)ncc3C2)cc1. The van der Waals surface area contributed by atoms with Gasteiger partial charge >= 0.3 is 0 Å². The average molecular weight is 493 g/mol. The maximum absolute atomic E-state index is 13.0. The number of nitrogens with one attached hydrogen (secondary N) is 1. The maximum atomic E-state index is 13.0. The first-order valence-corrected chi connectivity index (χ1v) is 11.7. The molecule has 11 heteroatoms. The van der Waals surface area contributed by atoms with Gasteiger partial charge in [-0.1, -0.05) is 23.2 Å². The van der Waals surface area contributed by atoms with Crippen LogP contribution in [0.5, 0.6) is 5.75 Å². The number of amides is 1. The van der Waals surface area contributed by atoms with Crippen LogP contribution in [0.4, 0.5) is 5.95 Å². The van der Waals surface area contributed by atoms with Crippen molar-refractivity contribution in [1.82, 2.24) is 14.3 Å². The lowest BCUT2D eigenvalue weighted by Crippen LogP contribution is -2.36. The molecule has 0 fully saturated rings. The molecule has 0 radical (unpaired) electrons. The van der Waals surface area contributed by atoms with E-state index in [0.29, 0.717) is 33.5 Å². The number of aromatic nitrogens is 2. The number of sulfonamides is 1. The van der Waals surface area contributed by atoms with Gasteiger partial charge in [-0.15, -0.1) is 0 Å². The topological polar surface area (TPSA) is 101 Å². The molecule has 1 aromatic heterocycles. The van der Waals surface area contributed by atoms with E-state index in [0.717, 1.165) is 0 Å². The summed E-state index contributed by atoms with van der Waals surface area (Å²) in [7, 11) is -2.16. The minimum Gasteiger partial charge on any atom is -0.497 e. The van der Waals surface area contributed by atoms with E-state index in [2.05, 4.69) is 15.3 Å². The molecule has 166 valence electrons. The van der Waals surface area contributed by atoms with E-state index >= 15 is 0 Å². The molecule has 1 aliphatic heterocycles. The van der Waals surface area contributed by atoms with Crippen molar-refractivity contribution in [3.63, 3.8) is 0 Å². The summed E-state index contributed by atoms with van der Waals surface area (Å²) in [4.78, 5) is 21.2. The van der Waals surface area contributed by atoms with Crippen LogP contribution in [0.1, 0.15) is 21.6 Å². The van der Waals surface area contributed by atoms with Crippen LogP contribution in [0.2, 0.25) is 10.0 Å². The van der Waals surface area contributed by atoms with Crippen LogP contribution in [0.25, 0.3) is 0 Å². The second-order valence-electron chi connectivity index (χ2n) is 7.04. The molecule has 3 aromatic rings. The van der Waals surface area contributed by atoms with Crippen molar-refractivity contribution in [3.8, 4) is 5.75 Å². The molecule has 0 saturated carbocycles. The van der Waals surface area contributed by atoms with E-state index in [-0.39, 0.29) is 29.5 Å². The number of benzene rings is 2. The number of ether oxygens (including phenoxy) is 1. The van der Waals surface area contributed by atoms with E-state index in [4.69, 9.17) is 27.9 Å². The largest absolute Gasteiger partial charge is 0.497 e. The van der Waals surface area contributed by atoms with Crippen LogP contribution in [0.15, 0.2) is 53.6 Å². The average Bonchev–Trinajstić information content (AvgIpc) is 2.78. The summed E-state index contributed by atoms with van der Waals surface area (Å²) in [6.45, 7) is 0.400. The lowest BCUT2D eigenvalue weighted by Gasteiger charge is -2.27. The van der Waals surface area contributed by atoms with Crippen LogP contribution in [-0.2, 0) is 23.0 Å². The minimum absolute atomic E-state index is 0.122. The van der Waals surface area contributed by atoms with E-state index < -0.39 is 15.9 Å². The molecule has 2 aromatic carbocycles. The van der Waals surface area contributed by atoms with Gasteiger partial charge in [-0.05, 0) is 42.5 Å². The number of carbonyl (C=O) groups excluding carboxylic acids is 1. The van der Waals surface area contributed by atoms with Gasteiger partial charge in [0.2, 0.25) is 16.0 Å². The number of hydrogen-bond acceptors (Lipinski definition) is 6. The molecular weight excluding hydrogens is 475 g/mol. The summed E-state index contributed by atoms with van der Waals surface area (Å²) < 4.78 is 32.4. The Balaban J connectivity index is 1.50. The molecule has 0 atom stereocenters. The third-order valence-corrected chi connectivity index (χ3v) is 7.24. The summed E-state index contributed by atoms with van der Waals surface area (Å²) in [5.41, 5.74) is 1.64. The molecule has 4 rings (SSSR count). The number of carbonyl (C=O) groups is 1. The molecule has 0 spiro atoms. The van der Waals surface area contributed by atoms with Crippen LogP contribution >= 0.6 is 23.2 Å². The normalized spacial score (nSPS) is 14.0. The van der Waals surface area contributed by atoms with E-state index in [9.17, 15) is 13.2 Å². The summed E-state index contributed by atoms with van der Waals surface area (Å²) in [5.74, 6) is 0.251. The van der Waals surface area contributed by atoms with Gasteiger partial charge in [-0.3, -0.25) is 10.1 Å². The Morgan fingerprint density at radius 3 is 2.47 bits per heavy atom. The predicted octanol–water partition coefficient (Wildman–Crippen LogP) is 3.79. The van der Waals surface area contributed by atoms with Crippen molar-refractivity contribution in [1.29, 1.82) is 0 Å². The molecule has 8 nitrogen and oxygen atoms in total. The molecule has 0 saturated heterocycles. The fraction of sp³-hybridized carbons (Fsp3) is 0.190. The predicted molar refractivity (Wildman–Crippen MR) is 121 cm³/mol. The Kier molecular flexibility index (Phi) is 6.34. The molecule has 32 heavy (non-hydrogen) atoms. The Labute approximate surface area is 195 Å². The van der Waals surface area contributed by atoms with Gasteiger partial charge in [-0.25, -0.2) is 18.4 Å². The number of rotatable bonds is 5. The first kappa shape index (κ1) is 22.5. The van der Waals surface area contributed by atoms with Gasteiger partial charge in [0.25, 0.3) is 5.91 Å². The molecule has 0 bridgehead atoms. The highest BCUT2D eigenvalue weighted by Crippen LogP contribution is 2.26. The summed E-state index contributed by atoms with van der Waals surface area (Å²) in [6, 6.07) is 10.8. The van der Waals surface area contributed by atoms with Crippen molar-refractivity contribution >= 4 is 45.1 Å². The number of nitrogens with zero attached hydrogens (tertiary/aromatic N) is 3. The second-order valence-corrected chi connectivity index (χ2v) is 9.85. The molecule has 1 aliphatic rings. The van der Waals surface area contributed by atoms with Crippen LogP contribution in [-0.4, -0.2) is 42.3 Å². The quantitative estimate of drug-likeness (QED) is 0.581. The Bertz CT molecular complexity index is 1260. The maximum Gasteiger partial charge on any atom is 0.258 e. The molecule has 1 N–H and O–H groups in total. The summed E-state index contributed by atoms with van der Waals surface area (Å²) in [5, 5.41) is 3.30. The van der Waals surface area contributed by atoms with Crippen LogP contribution in [0.3, 0.4) is 0 Å². The fourth-order valence-electron chi connectivity index (χ4n) is 3.31. The minimum atomic E-state index is -3.68. The second kappa shape index (κ2) is 9.03. The Morgan fingerprint density at radius 1 is 1.12 bits per heavy atom. The summed E-state index contributed by atoms with van der Waals surface area (Å²) in [6.07, 6.45) is 1.91. The third-order valence-electron chi connectivity index (χ3n) is 4.95. The lowest BCUT2D eigenvalue weighted by atomic mass is 10.1. The first-order valence-electron chi connectivity index (χ1n) is 9.53. The zero-order valence-electron chi connectivity index (χ0n) is 16.9. The summed E-state index contributed by atoms with van der Waals surface area (Å²) >= 11 is 11.9. The van der Waals surface area contributed by atoms with Gasteiger partial charge in [0.1, 0.15) is 5.75 Å². The fourth-order valence-corrected chi connectivity index (χ4v) is 5.26. The van der Waals surface area contributed by atoms with Crippen LogP contribution in [0, 0.1) is 0 Å². The van der Waals surface area contributed by atoms with E-state index in [1.165, 1.54) is 47.9 Å². The van der Waals surface area contributed by atoms with Crippen molar-refractivity contribution in [3.05, 3.63) is 75.5 Å². The number of anilines is 1. The van der Waals surface area contributed by atoms with Crippen LogP contribution < -0.4 is 10.1 Å². The van der Waals surface area contributed by atoms with Crippen molar-refractivity contribution < 1.29 is 17.9 Å². The number of methoxy groups -OCH3 is 1. The van der Waals surface area contributed by atoms with Gasteiger partial charge in [0, 0.05) is 46.9 Å². The molecule has 2 heterocycles. The molecule has 1 amide bonds. The monoisotopic (exact) mass is 492 g/mol. The van der Waals surface area contributed by atoms with Gasteiger partial charge in [0.15, 0.2) is 0 Å². The molecular formula is C21H18Cl2N4O4S. The van der Waals surface area contributed by atoms with Gasteiger partial charge < -0.3 is 4.74 Å². The highest BCUT2D eigenvalue weighted by molar-refractivity contribution is 7.89. The Morgan fingerprint density at radius 2 is 1.81 bits per heavy atom. The number of hydrogen-bond donors (Lipinski definition) is 1. The van der Waals surface area contributed by atoms with Crippen molar-refractivity contribution in [2.75, 3.05) is 19.0 Å². The number of halogens is 2. The molecule has 0 aliphatic carbocycles. The van der Waals surface area contributed by atoms with E-state index in [1.54, 1.807) is 12.1 Å². The zero-order valence-corrected chi connectivity index (χ0v) is 19.2. The third kappa shape index (κ3) is 4.71. The highest BCUT2D eigenvalue weighted by Gasteiger charge is 2.29. The van der Waals surface area contributed by atoms with Gasteiger partial charge in [0.05, 0.1) is 17.7 Å². The first-order chi connectivity index (χ1) is 15.3. The van der Waals surface area contributed by atoms with Crippen molar-refractivity contribution in [2.24, 2.45) is 0 Å². The van der Waals surface area contributed by atoms with Crippen molar-refractivity contribution in [2.45, 2.75) is 17.9 Å². The smallest absolute Gasteiger partial charge is 0.258 e. The Hall–Kier alpha value is -2.72. The lowest BCUT2D eigenvalue weighted by molar-refractivity contribution is 0.102. The molecule has 0 unspecified atom stereocenters.